The molecule has 0 fully saturated rings. The molecule has 0 spiro atoms. The van der Waals surface area contributed by atoms with E-state index >= 15 is 0 Å². The van der Waals surface area contributed by atoms with Crippen LogP contribution in [-0.2, 0) is 0 Å². The Kier molecular flexibility index (Phi) is 4.14. The molecule has 0 amide bonds. The maximum absolute atomic E-state index is 6.10. The largest absolute Gasteiger partial charge is 0.369 e. The van der Waals surface area contributed by atoms with E-state index in [4.69, 9.17) is 5.73 Å². The molecule has 0 saturated heterocycles. The van der Waals surface area contributed by atoms with Crippen molar-refractivity contribution in [3.63, 3.8) is 0 Å². The minimum atomic E-state index is 0.394. The smallest absolute Gasteiger partial charge is 0.201 e. The Morgan fingerprint density at radius 3 is 2.61 bits per heavy atom. The van der Waals surface area contributed by atoms with Crippen molar-refractivity contribution in [2.45, 2.75) is 39.7 Å². The molecule has 1 unspecified atom stereocenters. The summed E-state index contributed by atoms with van der Waals surface area (Å²) in [5, 5.41) is 0. The molecule has 98 valence electrons. The van der Waals surface area contributed by atoms with E-state index in [0.29, 0.717) is 17.9 Å². The number of imidazole rings is 1. The maximum Gasteiger partial charge on any atom is 0.201 e. The molecule has 2 rings (SSSR count). The number of benzene rings is 1. The van der Waals surface area contributed by atoms with Crippen molar-refractivity contribution in [2.24, 2.45) is 5.92 Å². The fourth-order valence-corrected chi connectivity index (χ4v) is 3.18. The van der Waals surface area contributed by atoms with E-state index in [0.717, 1.165) is 11.0 Å². The van der Waals surface area contributed by atoms with Crippen LogP contribution in [0.3, 0.4) is 0 Å². The van der Waals surface area contributed by atoms with Gasteiger partial charge in [0.1, 0.15) is 0 Å². The average Bonchev–Trinajstić information content (AvgIpc) is 2.65. The fourth-order valence-electron chi connectivity index (χ4n) is 2.70. The lowest BCUT2D eigenvalue weighted by molar-refractivity contribution is 0.342. The third-order valence-corrected chi connectivity index (χ3v) is 4.49. The fraction of sp³-hybridized carbons (Fsp3) is 0.500. The predicted octanol–water partition coefficient (Wildman–Crippen LogP) is 4.22. The molecule has 1 atom stereocenters. The van der Waals surface area contributed by atoms with Crippen LogP contribution in [0.1, 0.15) is 39.7 Å². The van der Waals surface area contributed by atoms with Gasteiger partial charge in [-0.3, -0.25) is 0 Å². The normalized spacial score (nSPS) is 13.4. The highest BCUT2D eigenvalue weighted by Crippen LogP contribution is 2.31. The van der Waals surface area contributed by atoms with Crippen LogP contribution in [0.5, 0.6) is 0 Å². The quantitative estimate of drug-likeness (QED) is 0.833. The SMILES string of the molecule is CCC(CC)C(C)n1c(N)nc2cc(I)ccc21. The van der Waals surface area contributed by atoms with E-state index in [1.54, 1.807) is 0 Å². The third kappa shape index (κ3) is 2.35. The van der Waals surface area contributed by atoms with E-state index in [-0.39, 0.29) is 0 Å². The van der Waals surface area contributed by atoms with Gasteiger partial charge in [-0.2, -0.15) is 0 Å². The topological polar surface area (TPSA) is 43.8 Å². The van der Waals surface area contributed by atoms with E-state index in [9.17, 15) is 0 Å². The van der Waals surface area contributed by atoms with Gasteiger partial charge in [0.05, 0.1) is 11.0 Å². The van der Waals surface area contributed by atoms with Gasteiger partial charge in [0.15, 0.2) is 0 Å². The van der Waals surface area contributed by atoms with Crippen molar-refractivity contribution in [3.05, 3.63) is 21.8 Å². The monoisotopic (exact) mass is 357 g/mol. The lowest BCUT2D eigenvalue weighted by Crippen LogP contribution is -2.17. The zero-order valence-corrected chi connectivity index (χ0v) is 13.3. The van der Waals surface area contributed by atoms with Crippen LogP contribution in [0.15, 0.2) is 18.2 Å². The molecule has 18 heavy (non-hydrogen) atoms. The average molecular weight is 357 g/mol. The van der Waals surface area contributed by atoms with Crippen LogP contribution in [-0.4, -0.2) is 9.55 Å². The highest BCUT2D eigenvalue weighted by Gasteiger charge is 2.20. The third-order valence-electron chi connectivity index (χ3n) is 3.82. The lowest BCUT2D eigenvalue weighted by atomic mass is 9.95. The Labute approximate surface area is 122 Å². The molecule has 2 aromatic rings. The first-order chi connectivity index (χ1) is 8.58. The van der Waals surface area contributed by atoms with Gasteiger partial charge in [-0.25, -0.2) is 4.98 Å². The number of aromatic nitrogens is 2. The first kappa shape index (κ1) is 13.6. The van der Waals surface area contributed by atoms with Crippen molar-refractivity contribution in [3.8, 4) is 0 Å². The van der Waals surface area contributed by atoms with Crippen molar-refractivity contribution in [1.82, 2.24) is 9.55 Å². The van der Waals surface area contributed by atoms with Crippen LogP contribution in [0.2, 0.25) is 0 Å². The van der Waals surface area contributed by atoms with E-state index < -0.39 is 0 Å². The minimum Gasteiger partial charge on any atom is -0.369 e. The second-order valence-electron chi connectivity index (χ2n) is 4.79. The molecule has 0 aliphatic rings. The van der Waals surface area contributed by atoms with Gasteiger partial charge in [0.25, 0.3) is 0 Å². The number of rotatable bonds is 4. The summed E-state index contributed by atoms with van der Waals surface area (Å²) in [5.74, 6) is 1.27. The zero-order valence-electron chi connectivity index (χ0n) is 11.2. The van der Waals surface area contributed by atoms with Gasteiger partial charge < -0.3 is 10.3 Å². The number of hydrogen-bond donors (Lipinski definition) is 1. The zero-order chi connectivity index (χ0) is 13.3. The summed E-state index contributed by atoms with van der Waals surface area (Å²) in [6.07, 6.45) is 2.34. The number of fused-ring (bicyclic) bond motifs is 1. The Morgan fingerprint density at radius 2 is 2.00 bits per heavy atom. The highest BCUT2D eigenvalue weighted by molar-refractivity contribution is 14.1. The van der Waals surface area contributed by atoms with Gasteiger partial charge in [-0.1, -0.05) is 26.7 Å². The predicted molar refractivity (Wildman–Crippen MR) is 85.6 cm³/mol. The number of halogens is 1. The summed E-state index contributed by atoms with van der Waals surface area (Å²) in [4.78, 5) is 4.48. The summed E-state index contributed by atoms with van der Waals surface area (Å²) >= 11 is 2.30. The number of nitrogens with two attached hydrogens (primary N) is 1. The van der Waals surface area contributed by atoms with Crippen molar-refractivity contribution >= 4 is 39.6 Å². The molecular weight excluding hydrogens is 337 g/mol. The van der Waals surface area contributed by atoms with Crippen molar-refractivity contribution < 1.29 is 0 Å². The standard InChI is InChI=1S/C14H20IN3/c1-4-10(5-2)9(3)18-13-7-6-11(15)8-12(13)17-14(18)16/h6-10H,4-5H2,1-3H3,(H2,16,17). The Balaban J connectivity index is 2.53. The number of nitrogen functional groups attached to an aromatic ring is 1. The summed E-state index contributed by atoms with van der Waals surface area (Å²) in [5.41, 5.74) is 8.24. The first-order valence-electron chi connectivity index (χ1n) is 6.51. The molecule has 0 saturated carbocycles. The molecule has 0 bridgehead atoms. The Morgan fingerprint density at radius 1 is 1.33 bits per heavy atom. The summed E-state index contributed by atoms with van der Waals surface area (Å²) < 4.78 is 3.38. The van der Waals surface area contributed by atoms with Gasteiger partial charge in [-0.05, 0) is 53.6 Å². The van der Waals surface area contributed by atoms with Crippen LogP contribution >= 0.6 is 22.6 Å². The Bertz CT molecular complexity index is 543. The van der Waals surface area contributed by atoms with Crippen molar-refractivity contribution in [1.29, 1.82) is 0 Å². The van der Waals surface area contributed by atoms with Gasteiger partial charge in [-0.15, -0.1) is 0 Å². The molecule has 1 aromatic carbocycles. The number of nitrogens with zero attached hydrogens (tertiary/aromatic N) is 2. The second kappa shape index (κ2) is 5.47. The first-order valence-corrected chi connectivity index (χ1v) is 7.59. The second-order valence-corrected chi connectivity index (χ2v) is 6.04. The molecule has 0 aliphatic heterocycles. The Hall–Kier alpha value is -0.780. The van der Waals surface area contributed by atoms with Crippen LogP contribution in [0, 0.1) is 9.49 Å². The molecule has 2 N–H and O–H groups in total. The molecule has 1 aromatic heterocycles. The molecule has 3 nitrogen and oxygen atoms in total. The number of anilines is 1. The summed E-state index contributed by atoms with van der Waals surface area (Å²) in [7, 11) is 0. The van der Waals surface area contributed by atoms with Crippen LogP contribution < -0.4 is 5.73 Å². The summed E-state index contributed by atoms with van der Waals surface area (Å²) in [6, 6.07) is 6.71. The molecule has 0 radical (unpaired) electrons. The van der Waals surface area contributed by atoms with Gasteiger partial charge >= 0.3 is 0 Å². The molecule has 0 aliphatic carbocycles. The molecule has 1 heterocycles. The van der Waals surface area contributed by atoms with Crippen LogP contribution in [0.4, 0.5) is 5.95 Å². The van der Waals surface area contributed by atoms with Crippen LogP contribution in [0.25, 0.3) is 11.0 Å². The summed E-state index contributed by atoms with van der Waals surface area (Å²) in [6.45, 7) is 6.72. The number of hydrogen-bond acceptors (Lipinski definition) is 2. The highest BCUT2D eigenvalue weighted by atomic mass is 127. The van der Waals surface area contributed by atoms with E-state index in [2.05, 4.69) is 71.1 Å². The molecule has 4 heteroatoms. The minimum absolute atomic E-state index is 0.394. The van der Waals surface area contributed by atoms with E-state index in [1.165, 1.54) is 16.4 Å². The lowest BCUT2D eigenvalue weighted by Gasteiger charge is -2.24. The van der Waals surface area contributed by atoms with Gasteiger partial charge in [0, 0.05) is 9.61 Å². The molecular formula is C14H20IN3. The van der Waals surface area contributed by atoms with E-state index in [1.807, 2.05) is 0 Å². The maximum atomic E-state index is 6.10. The van der Waals surface area contributed by atoms with Gasteiger partial charge in [0.2, 0.25) is 5.95 Å². The van der Waals surface area contributed by atoms with Crippen molar-refractivity contribution in [2.75, 3.05) is 5.73 Å².